The van der Waals surface area contributed by atoms with Crippen molar-refractivity contribution in [3.05, 3.63) is 328 Å². The van der Waals surface area contributed by atoms with Crippen molar-refractivity contribution in [3.8, 4) is 138 Å². The fraction of sp³-hybridized carbons (Fsp3) is 0.169. The van der Waals surface area contributed by atoms with Gasteiger partial charge < -0.3 is 39.4 Å². The number of phenolic OH excluding ortho intramolecular Hbond substituents is 4. The molecule has 4 heterocycles. The molecular formula is C118H94N12O8. The molecule has 4 aromatic heterocycles. The molecule has 4 aliphatic carbocycles. The van der Waals surface area contributed by atoms with E-state index in [1.807, 2.05) is 97.1 Å². The quantitative estimate of drug-likeness (QED) is 0.0517. The van der Waals surface area contributed by atoms with E-state index in [-0.39, 0.29) is 47.4 Å². The van der Waals surface area contributed by atoms with Crippen molar-refractivity contribution in [3.63, 3.8) is 0 Å². The highest BCUT2D eigenvalue weighted by Gasteiger charge is 2.29. The summed E-state index contributed by atoms with van der Waals surface area (Å²) in [6.07, 6.45) is 17.7. The van der Waals surface area contributed by atoms with E-state index in [0.29, 0.717) is 92.9 Å². The first-order chi connectivity index (χ1) is 68.0. The molecule has 0 saturated heterocycles. The molecule has 4 N–H and O–H groups in total. The zero-order chi connectivity index (χ0) is 92.5. The van der Waals surface area contributed by atoms with Crippen LogP contribution in [0.1, 0.15) is 103 Å². The summed E-state index contributed by atoms with van der Waals surface area (Å²) >= 11 is 0. The first kappa shape index (κ1) is 85.4. The molecule has 4 aliphatic rings. The number of rotatable bonds is 16. The number of aromatic nitrogens is 12. The Balaban J connectivity index is 0.000000103. The number of fused-ring (bicyclic) bond motifs is 10. The largest absolute Gasteiger partial charge is 0.507 e. The van der Waals surface area contributed by atoms with E-state index in [1.54, 1.807) is 48.5 Å². The van der Waals surface area contributed by atoms with Crippen LogP contribution in [-0.4, -0.2) is 105 Å². The number of nitrogens with zero attached hydrogens (tertiary/aromatic N) is 12. The number of benzene rings is 18. The lowest BCUT2D eigenvalue weighted by Gasteiger charge is -2.16. The van der Waals surface area contributed by atoms with Gasteiger partial charge in [0.25, 0.3) is 0 Å². The van der Waals surface area contributed by atoms with Crippen LogP contribution in [0.25, 0.3) is 199 Å². The number of hydrogen-bond acceptors (Lipinski definition) is 20. The van der Waals surface area contributed by atoms with Crippen molar-refractivity contribution < 1.29 is 39.4 Å². The molecule has 18 aromatic carbocycles. The highest BCUT2D eigenvalue weighted by molar-refractivity contribution is 6.26. The minimum Gasteiger partial charge on any atom is -0.507 e. The topological polar surface area (TPSA) is 273 Å². The predicted molar refractivity (Wildman–Crippen MR) is 547 cm³/mol. The summed E-state index contributed by atoms with van der Waals surface area (Å²) in [5.74, 6) is 4.30. The van der Waals surface area contributed by atoms with E-state index in [9.17, 15) is 20.4 Å². The Morgan fingerprint density at radius 3 is 0.862 bits per heavy atom. The third-order valence-electron chi connectivity index (χ3n) is 27.1. The lowest BCUT2D eigenvalue weighted by atomic mass is 9.92. The molecule has 0 radical (unpaired) electrons. The van der Waals surface area contributed by atoms with Gasteiger partial charge in [0.1, 0.15) is 47.4 Å². The van der Waals surface area contributed by atoms with Crippen LogP contribution in [0.4, 0.5) is 0 Å². The Morgan fingerprint density at radius 2 is 0.442 bits per heavy atom. The standard InChI is InChI=1S/C32H25N3O2.C30H23N3O2.2C28H23N3O2/c36-29-16-8-7-15-26(29)30-33-31(35-32(34-30)37-21-10-2-3-11-21)28-19-27-22-12-4-1-9-20(22)17-18-25(27)23-13-5-6-14-24(23)28;34-25-11-4-3-10-24(25)29-31-28(32-30(33-29)35-21-8-1-2-9-21)23-17-15-20-13-12-18-6-5-7-19-14-16-22(23)27(20)26(18)19;32-24-16-8-7-15-23(24)26-29-27(31-28(30-26)33-20-11-3-4-12-20)25-21-13-5-1-9-18(21)17-19-10-2-6-14-22(19)25;32-25-16-8-7-15-23(25)26-29-27(31-28(30-26)33-19-10-2-3-11-19)24-17-18-9-1-4-12-20(18)21-13-5-6-14-22(21)24/h1,4-9,12-19,21,36H,2-3,10-11H2;3-7,10-17,21,34H,1-2,8-9H2;1-2,5-10,13-17,20,32H,3-4,11-12H2;1,4-9,12-17,19,32H,2-3,10-11H2. The summed E-state index contributed by atoms with van der Waals surface area (Å²) in [4.78, 5) is 57.0. The number of para-hydroxylation sites is 4. The van der Waals surface area contributed by atoms with Gasteiger partial charge >= 0.3 is 24.0 Å². The third-order valence-corrected chi connectivity index (χ3v) is 27.1. The number of aromatic hydroxyl groups is 4. The van der Waals surface area contributed by atoms with Crippen LogP contribution in [0.5, 0.6) is 47.0 Å². The fourth-order valence-corrected chi connectivity index (χ4v) is 20.3. The van der Waals surface area contributed by atoms with E-state index < -0.39 is 0 Å². The third kappa shape index (κ3) is 17.2. The minimum absolute atomic E-state index is 0.102. The van der Waals surface area contributed by atoms with Gasteiger partial charge in [-0.05, 0) is 283 Å². The Kier molecular flexibility index (Phi) is 23.3. The molecule has 674 valence electrons. The van der Waals surface area contributed by atoms with E-state index in [2.05, 4.69) is 202 Å². The monoisotopic (exact) mass is 1810 g/mol. The first-order valence-electron chi connectivity index (χ1n) is 47.7. The van der Waals surface area contributed by atoms with Gasteiger partial charge in [-0.25, -0.2) is 19.9 Å². The second-order valence-corrected chi connectivity index (χ2v) is 35.9. The Bertz CT molecular complexity index is 8300. The zero-order valence-corrected chi connectivity index (χ0v) is 75.6. The molecule has 0 spiro atoms. The molecule has 4 fully saturated rings. The molecule has 4 saturated carbocycles. The minimum atomic E-state index is 0.102. The Labute approximate surface area is 794 Å². The van der Waals surface area contributed by atoms with Crippen molar-refractivity contribution >= 4 is 108 Å². The molecule has 22 aromatic rings. The summed E-state index contributed by atoms with van der Waals surface area (Å²) in [7, 11) is 0. The highest BCUT2D eigenvalue weighted by atomic mass is 16.5. The number of phenols is 4. The van der Waals surface area contributed by atoms with E-state index in [0.717, 1.165) is 184 Å². The van der Waals surface area contributed by atoms with Gasteiger partial charge in [0, 0.05) is 22.3 Å². The maximum Gasteiger partial charge on any atom is 0.320 e. The predicted octanol–water partition coefficient (Wildman–Crippen LogP) is 27.9. The summed E-state index contributed by atoms with van der Waals surface area (Å²) in [6.45, 7) is 0. The SMILES string of the molecule is Oc1ccccc1-c1nc(OC2CCCC2)nc(-c2c3ccccc3cc3ccccc23)n1.Oc1ccccc1-c1nc(OC2CCCC2)nc(-c2cc3c4ccccc4ccc3c3ccccc23)n1.Oc1ccccc1-c1nc(OC2CCCC2)nc(-c2cc3ccccc3c3ccccc23)n1.Oc1ccccc1-c1nc(OC2CCCC2)nc(-c2ccc3ccc4cccc5ccc2c3c45)n1. The molecule has 0 unspecified atom stereocenters. The molecule has 0 atom stereocenters. The van der Waals surface area contributed by atoms with E-state index in [1.165, 1.54) is 48.5 Å². The fourth-order valence-electron chi connectivity index (χ4n) is 20.3. The molecule has 0 bridgehead atoms. The van der Waals surface area contributed by atoms with Gasteiger partial charge in [-0.2, -0.15) is 39.9 Å². The highest BCUT2D eigenvalue weighted by Crippen LogP contribution is 2.46. The molecular weight excluding hydrogens is 1710 g/mol. The number of ether oxygens (including phenoxy) is 4. The summed E-state index contributed by atoms with van der Waals surface area (Å²) in [5, 5.41) is 65.1. The van der Waals surface area contributed by atoms with Crippen molar-refractivity contribution in [2.45, 2.75) is 127 Å². The molecule has 138 heavy (non-hydrogen) atoms. The van der Waals surface area contributed by atoms with Crippen molar-refractivity contribution in [1.82, 2.24) is 59.8 Å². The van der Waals surface area contributed by atoms with Gasteiger partial charge in [-0.1, -0.05) is 255 Å². The Morgan fingerprint density at radius 1 is 0.174 bits per heavy atom. The lowest BCUT2D eigenvalue weighted by Crippen LogP contribution is -2.14. The van der Waals surface area contributed by atoms with Crippen LogP contribution in [0, 0.1) is 0 Å². The molecule has 20 nitrogen and oxygen atoms in total. The van der Waals surface area contributed by atoms with Gasteiger partial charge in [-0.15, -0.1) is 0 Å². The van der Waals surface area contributed by atoms with Crippen molar-refractivity contribution in [1.29, 1.82) is 0 Å². The summed E-state index contributed by atoms with van der Waals surface area (Å²) in [6, 6.07) is 110. The smallest absolute Gasteiger partial charge is 0.320 e. The molecule has 0 aliphatic heterocycles. The van der Waals surface area contributed by atoms with Crippen LogP contribution < -0.4 is 18.9 Å². The Hall–Kier alpha value is -16.7. The summed E-state index contributed by atoms with van der Waals surface area (Å²) < 4.78 is 24.9. The average Bonchev–Trinajstić information content (AvgIpc) is 0.912. The first-order valence-corrected chi connectivity index (χ1v) is 47.7. The normalized spacial score (nSPS) is 14.2. The summed E-state index contributed by atoms with van der Waals surface area (Å²) in [5.41, 5.74) is 5.92. The van der Waals surface area contributed by atoms with E-state index in [4.69, 9.17) is 58.8 Å². The molecule has 26 rings (SSSR count). The van der Waals surface area contributed by atoms with Gasteiger partial charge in [0.05, 0.1) is 22.3 Å². The second-order valence-electron chi connectivity index (χ2n) is 35.9. The van der Waals surface area contributed by atoms with Crippen LogP contribution in [0.3, 0.4) is 0 Å². The van der Waals surface area contributed by atoms with Crippen molar-refractivity contribution in [2.75, 3.05) is 0 Å². The van der Waals surface area contributed by atoms with Gasteiger partial charge in [-0.3, -0.25) is 0 Å². The second kappa shape index (κ2) is 37.6. The van der Waals surface area contributed by atoms with Crippen LogP contribution >= 0.6 is 0 Å². The maximum atomic E-state index is 10.6. The van der Waals surface area contributed by atoms with Crippen molar-refractivity contribution in [2.24, 2.45) is 0 Å². The van der Waals surface area contributed by atoms with Gasteiger partial charge in [0.2, 0.25) is 0 Å². The molecule has 20 heteroatoms. The lowest BCUT2D eigenvalue weighted by molar-refractivity contribution is 0.192. The average molecular weight is 1810 g/mol. The van der Waals surface area contributed by atoms with E-state index >= 15 is 0 Å². The van der Waals surface area contributed by atoms with Crippen LogP contribution in [0.15, 0.2) is 328 Å². The zero-order valence-electron chi connectivity index (χ0n) is 75.6. The van der Waals surface area contributed by atoms with Crippen LogP contribution in [-0.2, 0) is 0 Å². The molecule has 0 amide bonds. The maximum absolute atomic E-state index is 10.6. The number of hydrogen-bond donors (Lipinski definition) is 4. The van der Waals surface area contributed by atoms with Crippen LogP contribution in [0.2, 0.25) is 0 Å². The van der Waals surface area contributed by atoms with Gasteiger partial charge in [0.15, 0.2) is 46.6 Å².